The van der Waals surface area contributed by atoms with Crippen LogP contribution in [0.5, 0.6) is 11.6 Å². The van der Waals surface area contributed by atoms with Crippen molar-refractivity contribution in [2.75, 3.05) is 19.0 Å². The minimum Gasteiger partial charge on any atom is -0.438 e. The maximum atomic E-state index is 6.11. The van der Waals surface area contributed by atoms with Gasteiger partial charge in [-0.05, 0) is 19.1 Å². The molecular weight excluding hydrogens is 274 g/mol. The summed E-state index contributed by atoms with van der Waals surface area (Å²) in [6.07, 6.45) is 0.716. The second-order valence-corrected chi connectivity index (χ2v) is 5.07. The Labute approximate surface area is 124 Å². The number of aromatic nitrogens is 2. The fourth-order valence-electron chi connectivity index (χ4n) is 1.71. The first-order valence-corrected chi connectivity index (χ1v) is 6.87. The fourth-order valence-corrected chi connectivity index (χ4v) is 1.88. The van der Waals surface area contributed by atoms with Crippen LogP contribution in [0.25, 0.3) is 0 Å². The van der Waals surface area contributed by atoms with E-state index in [9.17, 15) is 0 Å². The Balaban J connectivity index is 2.34. The van der Waals surface area contributed by atoms with E-state index >= 15 is 0 Å². The summed E-state index contributed by atoms with van der Waals surface area (Å²) in [5, 5.41) is 0.440. The highest BCUT2D eigenvalue weighted by Crippen LogP contribution is 2.28. The van der Waals surface area contributed by atoms with E-state index < -0.39 is 0 Å². The van der Waals surface area contributed by atoms with Crippen LogP contribution < -0.4 is 9.64 Å². The first-order chi connectivity index (χ1) is 9.51. The molecule has 0 aliphatic heterocycles. The molecular formula is C15H18ClN3O. The molecule has 0 bridgehead atoms. The number of ether oxygens (including phenoxy) is 1. The predicted octanol–water partition coefficient (Wildman–Crippen LogP) is 3.86. The number of rotatable bonds is 4. The Hall–Kier alpha value is -1.81. The quantitative estimate of drug-likeness (QED) is 0.802. The van der Waals surface area contributed by atoms with Crippen LogP contribution in [-0.2, 0) is 6.42 Å². The summed E-state index contributed by atoms with van der Waals surface area (Å²) in [5.74, 6) is 1.92. The van der Waals surface area contributed by atoms with Crippen molar-refractivity contribution in [3.05, 3.63) is 40.8 Å². The third kappa shape index (κ3) is 3.20. The van der Waals surface area contributed by atoms with Gasteiger partial charge in [0, 0.05) is 37.8 Å². The zero-order valence-electron chi connectivity index (χ0n) is 12.1. The molecule has 0 unspecified atom stereocenters. The lowest BCUT2D eigenvalue weighted by Crippen LogP contribution is -2.08. The molecule has 0 aliphatic carbocycles. The van der Waals surface area contributed by atoms with E-state index in [1.165, 1.54) is 0 Å². The fraction of sp³-hybridized carbons (Fsp3) is 0.333. The maximum Gasteiger partial charge on any atom is 0.226 e. The van der Waals surface area contributed by atoms with Crippen molar-refractivity contribution in [3.63, 3.8) is 0 Å². The van der Waals surface area contributed by atoms with Gasteiger partial charge in [0.2, 0.25) is 5.88 Å². The Bertz CT molecular complexity index is 614. The molecule has 4 nitrogen and oxygen atoms in total. The third-order valence-electron chi connectivity index (χ3n) is 2.95. The molecule has 1 aromatic heterocycles. The highest BCUT2D eigenvalue weighted by Gasteiger charge is 2.11. The number of anilines is 1. The Morgan fingerprint density at radius 3 is 2.65 bits per heavy atom. The van der Waals surface area contributed by atoms with Gasteiger partial charge < -0.3 is 9.64 Å². The van der Waals surface area contributed by atoms with Crippen molar-refractivity contribution < 1.29 is 4.74 Å². The predicted molar refractivity (Wildman–Crippen MR) is 82.0 cm³/mol. The van der Waals surface area contributed by atoms with Gasteiger partial charge in [0.25, 0.3) is 0 Å². The number of aryl methyl sites for hydroxylation is 1. The van der Waals surface area contributed by atoms with Gasteiger partial charge in [-0.3, -0.25) is 0 Å². The first-order valence-electron chi connectivity index (χ1n) is 6.49. The zero-order chi connectivity index (χ0) is 14.7. The normalized spacial score (nSPS) is 10.4. The van der Waals surface area contributed by atoms with Crippen LogP contribution >= 0.6 is 11.6 Å². The molecule has 1 heterocycles. The smallest absolute Gasteiger partial charge is 0.226 e. The first kappa shape index (κ1) is 14.6. The number of nitrogens with zero attached hydrogens (tertiary/aromatic N) is 3. The van der Waals surface area contributed by atoms with Gasteiger partial charge in [-0.2, -0.15) is 4.98 Å². The highest BCUT2D eigenvalue weighted by atomic mass is 35.5. The van der Waals surface area contributed by atoms with Crippen LogP contribution in [0.1, 0.15) is 18.3 Å². The zero-order valence-corrected chi connectivity index (χ0v) is 12.9. The molecule has 1 aromatic carbocycles. The molecule has 0 radical (unpaired) electrons. The van der Waals surface area contributed by atoms with Gasteiger partial charge in [-0.1, -0.05) is 24.6 Å². The summed E-state index contributed by atoms with van der Waals surface area (Å²) in [7, 11) is 3.97. The molecule has 0 amide bonds. The Morgan fingerprint density at radius 2 is 2.00 bits per heavy atom. The van der Waals surface area contributed by atoms with Gasteiger partial charge in [0.05, 0.1) is 0 Å². The molecule has 106 valence electrons. The van der Waals surface area contributed by atoms with Crippen LogP contribution in [0.2, 0.25) is 5.15 Å². The van der Waals surface area contributed by atoms with Crippen LogP contribution in [0.3, 0.4) is 0 Å². The van der Waals surface area contributed by atoms with E-state index in [0.717, 1.165) is 17.0 Å². The van der Waals surface area contributed by atoms with Crippen molar-refractivity contribution in [3.8, 4) is 11.6 Å². The molecule has 2 aromatic rings. The van der Waals surface area contributed by atoms with Gasteiger partial charge >= 0.3 is 0 Å². The maximum absolute atomic E-state index is 6.11. The molecule has 0 saturated carbocycles. The van der Waals surface area contributed by atoms with Crippen molar-refractivity contribution in [2.45, 2.75) is 20.3 Å². The molecule has 5 heteroatoms. The second-order valence-electron chi connectivity index (χ2n) is 4.71. The second kappa shape index (κ2) is 6.09. The van der Waals surface area contributed by atoms with Gasteiger partial charge in [0.15, 0.2) is 0 Å². The van der Waals surface area contributed by atoms with Crippen molar-refractivity contribution in [1.29, 1.82) is 0 Å². The summed E-state index contributed by atoms with van der Waals surface area (Å²) < 4.78 is 5.86. The average molecular weight is 292 g/mol. The van der Waals surface area contributed by atoms with E-state index in [-0.39, 0.29) is 0 Å². The molecule has 0 N–H and O–H groups in total. The lowest BCUT2D eigenvalue weighted by molar-refractivity contribution is 0.454. The van der Waals surface area contributed by atoms with E-state index in [1.54, 1.807) is 0 Å². The summed E-state index contributed by atoms with van der Waals surface area (Å²) in [6.45, 7) is 3.84. The molecule has 0 spiro atoms. The monoisotopic (exact) mass is 291 g/mol. The van der Waals surface area contributed by atoms with Crippen LogP contribution in [-0.4, -0.2) is 24.1 Å². The van der Waals surface area contributed by atoms with Crippen LogP contribution in [0.4, 0.5) is 5.69 Å². The molecule has 2 rings (SSSR count). The van der Waals surface area contributed by atoms with Crippen molar-refractivity contribution in [2.24, 2.45) is 0 Å². The highest BCUT2D eigenvalue weighted by molar-refractivity contribution is 6.30. The minimum absolute atomic E-state index is 0.440. The summed E-state index contributed by atoms with van der Waals surface area (Å²) in [6, 6.07) is 7.82. The lowest BCUT2D eigenvalue weighted by atomic mass is 10.3. The van der Waals surface area contributed by atoms with E-state index in [4.69, 9.17) is 16.3 Å². The third-order valence-corrected chi connectivity index (χ3v) is 3.32. The SMILES string of the molecule is CCc1nc(Cl)c(C)c(Oc2cccc(N(C)C)c2)n1. The van der Waals surface area contributed by atoms with Crippen LogP contribution in [0, 0.1) is 6.92 Å². The largest absolute Gasteiger partial charge is 0.438 e. The average Bonchev–Trinajstić information content (AvgIpc) is 2.43. The van der Waals surface area contributed by atoms with Gasteiger partial charge in [0.1, 0.15) is 16.7 Å². The Morgan fingerprint density at radius 1 is 1.25 bits per heavy atom. The molecule has 0 aliphatic rings. The minimum atomic E-state index is 0.440. The van der Waals surface area contributed by atoms with Crippen LogP contribution in [0.15, 0.2) is 24.3 Å². The van der Waals surface area contributed by atoms with E-state index in [0.29, 0.717) is 23.3 Å². The topological polar surface area (TPSA) is 38.2 Å². The standard InChI is InChI=1S/C15H18ClN3O/c1-5-13-17-14(16)10(2)15(18-13)20-12-8-6-7-11(9-12)19(3)4/h6-9H,5H2,1-4H3. The van der Waals surface area contributed by atoms with E-state index in [1.807, 2.05) is 57.1 Å². The lowest BCUT2D eigenvalue weighted by Gasteiger charge is -2.14. The number of hydrogen-bond acceptors (Lipinski definition) is 4. The molecule has 20 heavy (non-hydrogen) atoms. The van der Waals surface area contributed by atoms with Crippen molar-refractivity contribution >= 4 is 17.3 Å². The molecule has 0 saturated heterocycles. The Kier molecular flexibility index (Phi) is 4.45. The van der Waals surface area contributed by atoms with Crippen molar-refractivity contribution in [1.82, 2.24) is 9.97 Å². The van der Waals surface area contributed by atoms with Gasteiger partial charge in [-0.15, -0.1) is 0 Å². The van der Waals surface area contributed by atoms with E-state index in [2.05, 4.69) is 9.97 Å². The summed E-state index contributed by atoms with van der Waals surface area (Å²) in [4.78, 5) is 10.6. The summed E-state index contributed by atoms with van der Waals surface area (Å²) in [5.41, 5.74) is 1.81. The number of hydrogen-bond donors (Lipinski definition) is 0. The number of halogens is 1. The number of benzene rings is 1. The van der Waals surface area contributed by atoms with Gasteiger partial charge in [-0.25, -0.2) is 4.98 Å². The molecule has 0 atom stereocenters. The molecule has 0 fully saturated rings. The summed E-state index contributed by atoms with van der Waals surface area (Å²) >= 11 is 6.11.